The van der Waals surface area contributed by atoms with Crippen LogP contribution in [-0.2, 0) is 19.1 Å². The fraction of sp³-hybridized carbons (Fsp3) is 0.552. The molecule has 3 saturated heterocycles. The van der Waals surface area contributed by atoms with Gasteiger partial charge in [0.05, 0.1) is 19.6 Å². The van der Waals surface area contributed by atoms with Crippen LogP contribution in [0.4, 0.5) is 24.7 Å². The molecule has 4 heterocycles. The smallest absolute Gasteiger partial charge is 0.398 e. The summed E-state index contributed by atoms with van der Waals surface area (Å²) < 4.78 is 50.9. The summed E-state index contributed by atoms with van der Waals surface area (Å²) >= 11 is 0. The number of morpholine rings is 1. The molecule has 0 aliphatic carbocycles. The van der Waals surface area contributed by atoms with Crippen LogP contribution in [-0.4, -0.2) is 87.1 Å². The van der Waals surface area contributed by atoms with E-state index < -0.39 is 36.6 Å². The summed E-state index contributed by atoms with van der Waals surface area (Å²) in [6.07, 6.45) is -5.69. The van der Waals surface area contributed by atoms with Crippen LogP contribution in [0.2, 0.25) is 0 Å². The lowest BCUT2D eigenvalue weighted by molar-refractivity contribution is -0.167. The fourth-order valence-corrected chi connectivity index (χ4v) is 6.07. The number of primary amides is 1. The molecule has 1 unspecified atom stereocenters. The molecule has 1 aromatic heterocycles. The van der Waals surface area contributed by atoms with Gasteiger partial charge < -0.3 is 29.9 Å². The largest absolute Gasteiger partial charge is 0.434 e. The molecule has 0 spiro atoms. The van der Waals surface area contributed by atoms with Crippen LogP contribution < -0.4 is 15.5 Å². The zero-order valence-electron chi connectivity index (χ0n) is 23.3. The number of carbonyl (C=O) groups is 2. The molecular formula is C29H36F3N5O4. The van der Waals surface area contributed by atoms with Crippen molar-refractivity contribution < 1.29 is 32.2 Å². The number of hydrogen-bond acceptors (Lipinski definition) is 8. The lowest BCUT2D eigenvalue weighted by Gasteiger charge is -2.30. The number of amides is 1. The number of hydrogen-bond donors (Lipinski definition) is 1. The van der Waals surface area contributed by atoms with E-state index in [-0.39, 0.29) is 13.0 Å². The molecule has 3 atom stereocenters. The quantitative estimate of drug-likeness (QED) is 0.413. The minimum atomic E-state index is -4.45. The Morgan fingerprint density at radius 1 is 1.10 bits per heavy atom. The zero-order valence-corrected chi connectivity index (χ0v) is 23.3. The highest BCUT2D eigenvalue weighted by atomic mass is 19.4. The van der Waals surface area contributed by atoms with Gasteiger partial charge in [0.2, 0.25) is 0 Å². The van der Waals surface area contributed by atoms with Gasteiger partial charge in [-0.3, -0.25) is 4.79 Å². The average molecular weight is 576 g/mol. The van der Waals surface area contributed by atoms with E-state index in [9.17, 15) is 22.8 Å². The van der Waals surface area contributed by atoms with Crippen LogP contribution in [0, 0.1) is 12.8 Å². The number of aryl methyl sites for hydroxylation is 1. The summed E-state index contributed by atoms with van der Waals surface area (Å²) in [7, 11) is 2.10. The molecule has 9 nitrogen and oxygen atoms in total. The molecule has 3 fully saturated rings. The molecule has 12 heteroatoms. The first-order valence-electron chi connectivity index (χ1n) is 14.0. The van der Waals surface area contributed by atoms with Crippen LogP contribution in [0.1, 0.15) is 36.4 Å². The van der Waals surface area contributed by atoms with Crippen molar-refractivity contribution in [2.45, 2.75) is 44.5 Å². The van der Waals surface area contributed by atoms with Crippen LogP contribution in [0.3, 0.4) is 0 Å². The van der Waals surface area contributed by atoms with Gasteiger partial charge in [0.15, 0.2) is 6.23 Å². The van der Waals surface area contributed by atoms with E-state index >= 15 is 0 Å². The van der Waals surface area contributed by atoms with Crippen molar-refractivity contribution >= 4 is 23.4 Å². The number of anilines is 2. The second-order valence-corrected chi connectivity index (χ2v) is 11.2. The van der Waals surface area contributed by atoms with Gasteiger partial charge in [-0.05, 0) is 74.3 Å². The molecule has 1 amide bonds. The van der Waals surface area contributed by atoms with Gasteiger partial charge in [0, 0.05) is 49.4 Å². The molecule has 2 aromatic rings. The number of nitrogens with two attached hydrogens (primary N) is 1. The molecular weight excluding hydrogens is 539 g/mol. The molecule has 1 aromatic carbocycles. The topological polar surface area (TPSA) is 101 Å². The lowest BCUT2D eigenvalue weighted by Crippen LogP contribution is -2.41. The average Bonchev–Trinajstić information content (AvgIpc) is 3.54. The molecule has 3 aliphatic heterocycles. The predicted molar refractivity (Wildman–Crippen MR) is 147 cm³/mol. The van der Waals surface area contributed by atoms with E-state index in [2.05, 4.69) is 29.0 Å². The van der Waals surface area contributed by atoms with Gasteiger partial charge in [-0.2, -0.15) is 13.2 Å². The Labute approximate surface area is 237 Å². The normalized spacial score (nSPS) is 23.7. The number of aromatic nitrogens is 1. The summed E-state index contributed by atoms with van der Waals surface area (Å²) in [6.45, 7) is 6.86. The van der Waals surface area contributed by atoms with E-state index in [0.717, 1.165) is 60.8 Å². The first kappa shape index (κ1) is 29.1. The van der Waals surface area contributed by atoms with Crippen molar-refractivity contribution in [2.24, 2.45) is 11.7 Å². The Morgan fingerprint density at radius 3 is 2.51 bits per heavy atom. The molecule has 41 heavy (non-hydrogen) atoms. The molecule has 2 N–H and O–H groups in total. The Kier molecular flexibility index (Phi) is 8.42. The van der Waals surface area contributed by atoms with Gasteiger partial charge in [-0.1, -0.05) is 6.07 Å². The molecule has 3 aliphatic rings. The van der Waals surface area contributed by atoms with E-state index in [0.29, 0.717) is 24.8 Å². The number of likely N-dealkylation sites (tertiary alicyclic amines) is 1. The Bertz CT molecular complexity index is 1260. The van der Waals surface area contributed by atoms with Gasteiger partial charge in [-0.15, -0.1) is 0 Å². The van der Waals surface area contributed by atoms with Gasteiger partial charge in [0.1, 0.15) is 5.82 Å². The molecule has 222 valence electrons. The first-order chi connectivity index (χ1) is 19.5. The van der Waals surface area contributed by atoms with E-state index in [4.69, 9.17) is 20.2 Å². The van der Waals surface area contributed by atoms with Crippen molar-refractivity contribution in [1.29, 1.82) is 0 Å². The van der Waals surface area contributed by atoms with Crippen molar-refractivity contribution in [2.75, 3.05) is 62.8 Å². The number of pyridine rings is 1. The van der Waals surface area contributed by atoms with E-state index in [1.165, 1.54) is 0 Å². The maximum Gasteiger partial charge on any atom is 0.398 e. The fourth-order valence-electron chi connectivity index (χ4n) is 6.07. The number of benzene rings is 1. The number of alkyl halides is 3. The number of nitrogens with zero attached hydrogens (tertiary/aromatic N) is 4. The second kappa shape index (κ2) is 11.8. The highest BCUT2D eigenvalue weighted by Gasteiger charge is 2.44. The highest BCUT2D eigenvalue weighted by Crippen LogP contribution is 2.40. The maximum atomic E-state index is 13.4. The highest BCUT2D eigenvalue weighted by molar-refractivity contribution is 6.31. The summed E-state index contributed by atoms with van der Waals surface area (Å²) in [5.74, 6) is -2.55. The lowest BCUT2D eigenvalue weighted by atomic mass is 9.96. The number of likely N-dealkylation sites (N-methyl/N-ethyl adjacent to an activating group) is 1. The van der Waals surface area contributed by atoms with Crippen LogP contribution >= 0.6 is 0 Å². The number of rotatable bonds is 6. The summed E-state index contributed by atoms with van der Waals surface area (Å²) in [5, 5.41) is 0. The van der Waals surface area contributed by atoms with Crippen LogP contribution in [0.15, 0.2) is 30.3 Å². The number of carbonyl (C=O) groups excluding carboxylic acids is 2. The summed E-state index contributed by atoms with van der Waals surface area (Å²) in [6, 6.07) is 9.80. The number of ether oxygens (including phenoxy) is 2. The monoisotopic (exact) mass is 575 g/mol. The first-order valence-corrected chi connectivity index (χ1v) is 14.0. The van der Waals surface area contributed by atoms with Crippen molar-refractivity contribution in [1.82, 2.24) is 9.88 Å². The van der Waals surface area contributed by atoms with Gasteiger partial charge >= 0.3 is 18.1 Å². The predicted octanol–water partition coefficient (Wildman–Crippen LogP) is 3.45. The Morgan fingerprint density at radius 2 is 1.85 bits per heavy atom. The number of esters is 1. The van der Waals surface area contributed by atoms with Crippen molar-refractivity contribution in [3.8, 4) is 11.1 Å². The van der Waals surface area contributed by atoms with Gasteiger partial charge in [0.25, 0.3) is 0 Å². The maximum absolute atomic E-state index is 13.4. The molecule has 0 radical (unpaired) electrons. The van der Waals surface area contributed by atoms with Crippen LogP contribution in [0.25, 0.3) is 11.1 Å². The zero-order chi connectivity index (χ0) is 29.3. The molecule has 0 saturated carbocycles. The molecule has 0 bridgehead atoms. The number of halogens is 3. The van der Waals surface area contributed by atoms with Gasteiger partial charge in [-0.25, -0.2) is 9.78 Å². The third-order valence-corrected chi connectivity index (χ3v) is 8.21. The molecule has 5 rings (SSSR count). The SMILES string of the molecule is Cc1ccc(N2CC[C@@H](CC(F)(F)F)C2OC(=O)C(N)=O)cc1-c1cc([C@H]2CCN(C)C2)nc(N2CCOCC2)c1. The van der Waals surface area contributed by atoms with E-state index in [1.54, 1.807) is 11.0 Å². The third kappa shape index (κ3) is 6.75. The van der Waals surface area contributed by atoms with Crippen LogP contribution in [0.5, 0.6) is 0 Å². The third-order valence-electron chi connectivity index (χ3n) is 8.21. The minimum absolute atomic E-state index is 0.148. The summed E-state index contributed by atoms with van der Waals surface area (Å²) in [5.41, 5.74) is 9.53. The second-order valence-electron chi connectivity index (χ2n) is 11.2. The Hall–Kier alpha value is -3.38. The van der Waals surface area contributed by atoms with Crippen molar-refractivity contribution in [3.63, 3.8) is 0 Å². The van der Waals surface area contributed by atoms with Crippen molar-refractivity contribution in [3.05, 3.63) is 41.6 Å². The summed E-state index contributed by atoms with van der Waals surface area (Å²) in [4.78, 5) is 34.7. The minimum Gasteiger partial charge on any atom is -0.434 e. The standard InChI is InChI=1S/C29H36F3N5O4/c1-18-3-4-22(37-8-6-19(16-29(30,31)32)27(37)41-28(39)26(33)38)15-23(18)21-13-24(20-5-7-35(2)17-20)34-25(14-21)36-9-11-40-12-10-36/h3-4,13-15,19-20,27H,5-12,16-17H2,1-2H3,(H2,33,38)/t19-,20-,27?/m0/s1. The van der Waals surface area contributed by atoms with E-state index in [1.807, 2.05) is 19.1 Å². The Balaban J connectivity index is 1.52.